The molecule has 7 rings (SSSR count). The summed E-state index contributed by atoms with van der Waals surface area (Å²) in [6, 6.07) is 12.0. The van der Waals surface area contributed by atoms with Crippen LogP contribution in [0.25, 0.3) is 0 Å². The molecule has 3 saturated carbocycles. The Morgan fingerprint density at radius 3 is 2.42 bits per heavy atom. The summed E-state index contributed by atoms with van der Waals surface area (Å²) in [5, 5.41) is 44.2. The minimum absolute atomic E-state index is 0.00739. The maximum absolute atomic E-state index is 17.4. The van der Waals surface area contributed by atoms with E-state index in [2.05, 4.69) is 5.32 Å². The number of unbranched alkanes of at least 4 members (excludes halogenated alkanes) is 3. The number of hydrogen-bond donors (Lipinski definition) is 5. The van der Waals surface area contributed by atoms with Crippen molar-refractivity contribution in [2.24, 2.45) is 28.6 Å². The largest absolute Gasteiger partial charge is 0.508 e. The highest BCUT2D eigenvalue weighted by Gasteiger charge is 2.78. The first kappa shape index (κ1) is 54.6. The van der Waals surface area contributed by atoms with Gasteiger partial charge in [0.15, 0.2) is 17.1 Å². The number of halogens is 5. The molecule has 0 radical (unpaired) electrons. The summed E-state index contributed by atoms with van der Waals surface area (Å²) in [5.41, 5.74) is -5.29. The second-order valence-electron chi connectivity index (χ2n) is 18.7. The van der Waals surface area contributed by atoms with E-state index in [1.54, 1.807) is 38.1 Å². The molecule has 0 bridgehead atoms. The second kappa shape index (κ2) is 23.7. The third-order valence-corrected chi connectivity index (χ3v) is 16.1. The number of nitrogens with one attached hydrogen (secondary N) is 1. The van der Waals surface area contributed by atoms with Crippen LogP contribution in [-0.2, 0) is 37.0 Å². The number of ether oxygens (including phenoxy) is 3. The van der Waals surface area contributed by atoms with Gasteiger partial charge in [0, 0.05) is 57.0 Å². The van der Waals surface area contributed by atoms with Gasteiger partial charge in [0.1, 0.15) is 17.9 Å². The van der Waals surface area contributed by atoms with E-state index in [1.165, 1.54) is 43.5 Å². The number of alkyl halides is 3. The van der Waals surface area contributed by atoms with Gasteiger partial charge in [-0.3, -0.25) is 9.59 Å². The fourth-order valence-electron chi connectivity index (χ4n) is 11.1. The van der Waals surface area contributed by atoms with E-state index in [-0.39, 0.29) is 43.0 Å². The second-order valence-corrected chi connectivity index (χ2v) is 20.4. The van der Waals surface area contributed by atoms with Crippen LogP contribution in [0.15, 0.2) is 83.0 Å². The minimum Gasteiger partial charge on any atom is -0.508 e. The van der Waals surface area contributed by atoms with Crippen LogP contribution in [0.4, 0.5) is 13.2 Å². The van der Waals surface area contributed by atoms with Crippen LogP contribution < -0.4 is 5.32 Å². The number of carbonyl (C=O) groups excluding carboxylic acids is 3. The highest BCUT2D eigenvalue weighted by Crippen LogP contribution is 2.72. The fourth-order valence-corrected chi connectivity index (χ4v) is 12.4. The van der Waals surface area contributed by atoms with E-state index in [1.807, 2.05) is 6.07 Å². The van der Waals surface area contributed by atoms with Gasteiger partial charge in [-0.05, 0) is 123 Å². The number of rotatable bonds is 20. The van der Waals surface area contributed by atoms with Crippen LogP contribution in [0.1, 0.15) is 99.1 Å². The molecule has 2 aromatic carbocycles. The Bertz CT molecular complexity index is 2300. The van der Waals surface area contributed by atoms with Gasteiger partial charge in [0.25, 0.3) is 0 Å². The van der Waals surface area contributed by atoms with Gasteiger partial charge in [-0.15, -0.1) is 0 Å². The monoisotopic (exact) mass is 1020 g/mol. The Labute approximate surface area is 414 Å². The van der Waals surface area contributed by atoms with Crippen LogP contribution >= 0.6 is 35.0 Å². The molecule has 10 atom stereocenters. The zero-order valence-electron chi connectivity index (χ0n) is 38.9. The smallest absolute Gasteiger partial charge is 0.375 e. The Balaban J connectivity index is 0.000000230. The number of fused-ring (bicyclic) bond motifs is 5. The molecule has 0 unspecified atom stereocenters. The first-order valence-corrected chi connectivity index (χ1v) is 25.0. The molecule has 12 nitrogen and oxygen atoms in total. The van der Waals surface area contributed by atoms with Gasteiger partial charge in [-0.1, -0.05) is 68.1 Å². The van der Waals surface area contributed by atoms with Crippen molar-refractivity contribution in [2.75, 3.05) is 38.9 Å². The predicted octanol–water partition coefficient (Wildman–Crippen LogP) is 9.53. The molecular formula is C51H62Cl2F3NO11S. The topological polar surface area (TPSA) is 185 Å². The molecule has 0 aliphatic heterocycles. The number of aliphatic hydroxyl groups excluding tert-OH is 3. The maximum atomic E-state index is 17.4. The van der Waals surface area contributed by atoms with Crippen molar-refractivity contribution >= 4 is 51.8 Å². The lowest BCUT2D eigenvalue weighted by atomic mass is 9.44. The van der Waals surface area contributed by atoms with Gasteiger partial charge in [0.05, 0.1) is 44.9 Å². The number of ketones is 1. The molecule has 378 valence electrons. The normalized spacial score (nSPS) is 29.5. The Kier molecular flexibility index (Phi) is 18.7. The lowest BCUT2D eigenvalue weighted by Gasteiger charge is -2.63. The van der Waals surface area contributed by atoms with E-state index in [4.69, 9.17) is 41.8 Å². The quantitative estimate of drug-likeness (QED) is 0.0533. The molecule has 3 aromatic rings. The molecular weight excluding hydrogens is 963 g/mol. The van der Waals surface area contributed by atoms with Crippen molar-refractivity contribution < 1.29 is 66.6 Å². The number of aliphatic hydroxyl groups is 3. The Hall–Kier alpha value is -3.71. The standard InChI is InChI=1S/C27H29F3O6S.C24H33Cl2NO5/c1-14-9-16-17-11-19(29)18-10-15(31)6-7-24(18,2)26(17,30)21(32)12-25(16,3)27(14,23(34)37-13-28)36-22(33)20-5-4-8-35-20;25-21-6-5-7-22(26)20(21)17-32-13-12-31-11-4-2-1-3-10-27-15-24(30)18-8-9-23(29)19(14-18)16-28/h4-8,10,14,16-17,19,21,32H,9,11-13H2,1-3H3;5-9,14,24,27-30H,1-4,10-13,15-17H2/t14-,16+,17+,19+,21+,24+,25+,26+,27+;24-/m10/s1. The average Bonchev–Trinajstić information content (AvgIpc) is 3.94. The van der Waals surface area contributed by atoms with Gasteiger partial charge in [-0.2, -0.15) is 0 Å². The van der Waals surface area contributed by atoms with Gasteiger partial charge in [-0.25, -0.2) is 18.0 Å². The lowest BCUT2D eigenvalue weighted by Crippen LogP contribution is -2.70. The molecule has 1 heterocycles. The maximum Gasteiger partial charge on any atom is 0.375 e. The summed E-state index contributed by atoms with van der Waals surface area (Å²) in [7, 11) is 0. The SMILES string of the molecule is C[C@@H]1C[C@H]2[C@@H]3C[C@H](F)C4=CC(=O)C=C[C@]4(C)[C@@]3(F)[C@@H](O)C[C@]2(C)[C@@]1(OC(=O)c1ccco1)C(=O)SCF.OCc1cc([C@@H](O)CNCCCCCCOCCOCc2c(Cl)cccc2Cl)ccc1O. The van der Waals surface area contributed by atoms with Gasteiger partial charge in [0.2, 0.25) is 10.9 Å². The van der Waals surface area contributed by atoms with Crippen LogP contribution in [0.5, 0.6) is 5.75 Å². The van der Waals surface area contributed by atoms with E-state index in [9.17, 15) is 39.2 Å². The van der Waals surface area contributed by atoms with Crippen LogP contribution in [0.3, 0.4) is 0 Å². The highest BCUT2D eigenvalue weighted by atomic mass is 35.5. The molecule has 0 spiro atoms. The molecule has 3 fully saturated rings. The molecule has 0 saturated heterocycles. The molecule has 1 aromatic heterocycles. The van der Waals surface area contributed by atoms with E-state index in [0.717, 1.165) is 43.9 Å². The number of benzene rings is 2. The zero-order valence-corrected chi connectivity index (χ0v) is 41.3. The third kappa shape index (κ3) is 11.2. The number of aromatic hydroxyl groups is 1. The van der Waals surface area contributed by atoms with E-state index in [0.29, 0.717) is 65.9 Å². The minimum atomic E-state index is -2.35. The predicted molar refractivity (Wildman–Crippen MR) is 256 cm³/mol. The molecule has 4 aliphatic rings. The summed E-state index contributed by atoms with van der Waals surface area (Å²) < 4.78 is 68.7. The number of allylic oxidation sites excluding steroid dienone is 4. The summed E-state index contributed by atoms with van der Waals surface area (Å²) in [6.45, 7) is 7.90. The number of carbonyl (C=O) groups is 3. The summed E-state index contributed by atoms with van der Waals surface area (Å²) in [5.74, 6) is -3.94. The Morgan fingerprint density at radius 1 is 1.00 bits per heavy atom. The van der Waals surface area contributed by atoms with Gasteiger partial charge < -0.3 is 44.4 Å². The van der Waals surface area contributed by atoms with Crippen molar-refractivity contribution in [2.45, 2.75) is 109 Å². The van der Waals surface area contributed by atoms with E-state index < -0.39 is 81.1 Å². The summed E-state index contributed by atoms with van der Waals surface area (Å²) in [6.07, 6.45) is 4.66. The molecule has 4 aliphatic carbocycles. The number of thioether (sulfide) groups is 1. The fraction of sp³-hybridized carbons (Fsp3) is 0.549. The third-order valence-electron chi connectivity index (χ3n) is 14.7. The molecule has 18 heteroatoms. The average molecular weight is 1030 g/mol. The highest BCUT2D eigenvalue weighted by molar-refractivity contribution is 8.13. The molecule has 0 amide bonds. The molecule has 5 N–H and O–H groups in total. The summed E-state index contributed by atoms with van der Waals surface area (Å²) >= 11 is 12.6. The van der Waals surface area contributed by atoms with Crippen molar-refractivity contribution in [3.05, 3.63) is 111 Å². The van der Waals surface area contributed by atoms with Crippen LogP contribution in [0, 0.1) is 28.6 Å². The number of hydrogen-bond acceptors (Lipinski definition) is 13. The van der Waals surface area contributed by atoms with Crippen molar-refractivity contribution in [1.82, 2.24) is 5.32 Å². The first-order chi connectivity index (χ1) is 32.9. The number of phenols is 1. The van der Waals surface area contributed by atoms with Crippen LogP contribution in [0.2, 0.25) is 10.0 Å². The number of furan rings is 1. The van der Waals surface area contributed by atoms with Crippen molar-refractivity contribution in [3.63, 3.8) is 0 Å². The van der Waals surface area contributed by atoms with Gasteiger partial charge >= 0.3 is 5.97 Å². The van der Waals surface area contributed by atoms with Crippen molar-refractivity contribution in [3.8, 4) is 5.75 Å². The first-order valence-electron chi connectivity index (χ1n) is 23.3. The number of esters is 1. The Morgan fingerprint density at radius 2 is 1.72 bits per heavy atom. The zero-order chi connectivity index (χ0) is 50.1. The van der Waals surface area contributed by atoms with E-state index >= 15 is 8.78 Å². The molecule has 69 heavy (non-hydrogen) atoms. The van der Waals surface area contributed by atoms with Crippen molar-refractivity contribution in [1.29, 1.82) is 0 Å². The summed E-state index contributed by atoms with van der Waals surface area (Å²) in [4.78, 5) is 38.7. The van der Waals surface area contributed by atoms with Crippen LogP contribution in [-0.4, -0.2) is 99.8 Å². The lowest BCUT2D eigenvalue weighted by molar-refractivity contribution is -0.221.